The van der Waals surface area contributed by atoms with Gasteiger partial charge in [0.25, 0.3) is 0 Å². The molecule has 0 aliphatic carbocycles. The average Bonchev–Trinajstić information content (AvgIpc) is 2.84. The smallest absolute Gasteiger partial charge is 0.342 e. The van der Waals surface area contributed by atoms with Crippen molar-refractivity contribution >= 4 is 12.0 Å². The summed E-state index contributed by atoms with van der Waals surface area (Å²) < 4.78 is 12.3. The molecule has 3 aromatic carbocycles. The minimum absolute atomic E-state index is 0.0978. The number of esters is 1. The van der Waals surface area contributed by atoms with Gasteiger partial charge in [-0.25, -0.2) is 4.79 Å². The first kappa shape index (κ1) is 26.0. The highest BCUT2D eigenvalue weighted by Crippen LogP contribution is 2.25. The molecule has 0 amide bonds. The number of aryl methyl sites for hydroxylation is 1. The fraction of sp³-hybridized carbons (Fsp3) is 0.300. The predicted molar refractivity (Wildman–Crippen MR) is 138 cm³/mol. The van der Waals surface area contributed by atoms with Gasteiger partial charge in [0.2, 0.25) is 0 Å². The van der Waals surface area contributed by atoms with Gasteiger partial charge in [0.05, 0.1) is 6.61 Å². The zero-order valence-electron chi connectivity index (χ0n) is 20.4. The van der Waals surface area contributed by atoms with E-state index in [1.807, 2.05) is 48.6 Å². The highest BCUT2D eigenvalue weighted by molar-refractivity contribution is 5.94. The molecule has 0 fully saturated rings. The van der Waals surface area contributed by atoms with E-state index in [-0.39, 0.29) is 17.1 Å². The first-order chi connectivity index (χ1) is 17.0. The summed E-state index contributed by atoms with van der Waals surface area (Å²) in [4.78, 5) is 13.1. The van der Waals surface area contributed by atoms with E-state index in [4.69, 9.17) is 9.47 Å². The highest BCUT2D eigenvalue weighted by Gasteiger charge is 2.26. The molecule has 2 N–H and O–H groups in total. The second kappa shape index (κ2) is 13.4. The van der Waals surface area contributed by atoms with Gasteiger partial charge in [0.15, 0.2) is 0 Å². The van der Waals surface area contributed by atoms with E-state index in [2.05, 4.69) is 6.92 Å². The van der Waals surface area contributed by atoms with Gasteiger partial charge in [-0.05, 0) is 54.7 Å². The van der Waals surface area contributed by atoms with Crippen LogP contribution in [0.4, 0.5) is 0 Å². The van der Waals surface area contributed by atoms with Crippen LogP contribution in [0, 0.1) is 6.92 Å². The molecule has 0 radical (unpaired) electrons. The van der Waals surface area contributed by atoms with Crippen molar-refractivity contribution in [3.8, 4) is 11.5 Å². The van der Waals surface area contributed by atoms with E-state index in [9.17, 15) is 15.0 Å². The molecule has 0 aromatic heterocycles. The molecule has 0 saturated carbocycles. The Kier molecular flexibility index (Phi) is 9.93. The van der Waals surface area contributed by atoms with E-state index in [1.54, 1.807) is 37.3 Å². The van der Waals surface area contributed by atoms with Crippen LogP contribution in [0.3, 0.4) is 0 Å². The Labute approximate surface area is 207 Å². The van der Waals surface area contributed by atoms with Crippen molar-refractivity contribution in [1.82, 2.24) is 0 Å². The summed E-state index contributed by atoms with van der Waals surface area (Å²) in [6, 6.07) is 21.7. The van der Waals surface area contributed by atoms with E-state index < -0.39 is 18.2 Å². The molecule has 3 aromatic rings. The molecule has 0 bridgehead atoms. The van der Waals surface area contributed by atoms with Gasteiger partial charge >= 0.3 is 5.97 Å². The lowest BCUT2D eigenvalue weighted by Gasteiger charge is -2.26. The maximum Gasteiger partial charge on any atom is 0.342 e. The number of aromatic hydroxyl groups is 2. The summed E-state index contributed by atoms with van der Waals surface area (Å²) in [6.45, 7) is 4.25. The molecule has 35 heavy (non-hydrogen) atoms. The van der Waals surface area contributed by atoms with Crippen LogP contribution in [0.5, 0.6) is 11.5 Å². The Bertz CT molecular complexity index is 1090. The number of hydrogen-bond donors (Lipinski definition) is 2. The van der Waals surface area contributed by atoms with Crippen LogP contribution < -0.4 is 0 Å². The number of phenols is 2. The zero-order valence-corrected chi connectivity index (χ0v) is 20.4. The second-order valence-electron chi connectivity index (χ2n) is 8.62. The van der Waals surface area contributed by atoms with E-state index in [0.717, 1.165) is 30.4 Å². The quantitative estimate of drug-likeness (QED) is 0.223. The normalized spacial score (nSPS) is 13.0. The number of carbonyl (C=O) groups is 1. The van der Waals surface area contributed by atoms with Gasteiger partial charge in [0.1, 0.15) is 29.3 Å². The number of unbranched alkanes of at least 4 members (excludes halogenated alkanes) is 2. The molecule has 0 unspecified atom stereocenters. The molecule has 0 aliphatic rings. The van der Waals surface area contributed by atoms with Crippen molar-refractivity contribution in [2.45, 2.75) is 58.3 Å². The Morgan fingerprint density at radius 2 is 1.74 bits per heavy atom. The fourth-order valence-electron chi connectivity index (χ4n) is 3.89. The predicted octanol–water partition coefficient (Wildman–Crippen LogP) is 6.81. The third-order valence-electron chi connectivity index (χ3n) is 5.81. The van der Waals surface area contributed by atoms with Crippen LogP contribution in [-0.2, 0) is 16.1 Å². The SMILES string of the molecule is CCCCC[C@H](OC(=O)c1c(C)cccc1O)[C@@H](/C=C/c1cccc(O)c1)OCc1ccccc1. The summed E-state index contributed by atoms with van der Waals surface area (Å²) in [5.74, 6) is -0.490. The first-order valence-electron chi connectivity index (χ1n) is 12.1. The number of carbonyl (C=O) groups excluding carboxylic acids is 1. The van der Waals surface area contributed by atoms with Gasteiger partial charge in [0, 0.05) is 0 Å². The van der Waals surface area contributed by atoms with Gasteiger partial charge < -0.3 is 19.7 Å². The molecule has 5 heteroatoms. The lowest BCUT2D eigenvalue weighted by atomic mass is 10.0. The molecular formula is C30H34O5. The molecule has 0 heterocycles. The molecular weight excluding hydrogens is 440 g/mol. The van der Waals surface area contributed by atoms with Crippen molar-refractivity contribution in [2.24, 2.45) is 0 Å². The number of benzene rings is 3. The molecule has 5 nitrogen and oxygen atoms in total. The summed E-state index contributed by atoms with van der Waals surface area (Å²) in [6.07, 6.45) is 6.20. The van der Waals surface area contributed by atoms with E-state index in [1.165, 1.54) is 6.07 Å². The largest absolute Gasteiger partial charge is 0.508 e. The van der Waals surface area contributed by atoms with Crippen LogP contribution in [0.1, 0.15) is 59.7 Å². The lowest BCUT2D eigenvalue weighted by molar-refractivity contribution is -0.0419. The van der Waals surface area contributed by atoms with Crippen molar-refractivity contribution < 1.29 is 24.5 Å². The molecule has 0 aliphatic heterocycles. The first-order valence-corrected chi connectivity index (χ1v) is 12.1. The average molecular weight is 475 g/mol. The van der Waals surface area contributed by atoms with Crippen LogP contribution in [0.2, 0.25) is 0 Å². The highest BCUT2D eigenvalue weighted by atomic mass is 16.6. The minimum Gasteiger partial charge on any atom is -0.508 e. The second-order valence-corrected chi connectivity index (χ2v) is 8.62. The minimum atomic E-state index is -0.568. The molecule has 0 spiro atoms. The van der Waals surface area contributed by atoms with Gasteiger partial charge in [-0.1, -0.05) is 86.5 Å². The number of ether oxygens (including phenoxy) is 2. The Morgan fingerprint density at radius 1 is 0.971 bits per heavy atom. The number of phenolic OH excluding ortho intramolecular Hbond substituents is 2. The Hall–Kier alpha value is -3.57. The van der Waals surface area contributed by atoms with E-state index >= 15 is 0 Å². The molecule has 3 rings (SSSR count). The van der Waals surface area contributed by atoms with Gasteiger partial charge in [-0.15, -0.1) is 0 Å². The summed E-state index contributed by atoms with van der Waals surface area (Å²) in [5, 5.41) is 20.1. The molecule has 184 valence electrons. The summed E-state index contributed by atoms with van der Waals surface area (Å²) in [7, 11) is 0. The van der Waals surface area contributed by atoms with E-state index in [0.29, 0.717) is 18.6 Å². The van der Waals surface area contributed by atoms with Crippen LogP contribution in [-0.4, -0.2) is 28.4 Å². The topological polar surface area (TPSA) is 76.0 Å². The zero-order chi connectivity index (χ0) is 25.0. The lowest BCUT2D eigenvalue weighted by Crippen LogP contribution is -2.32. The Morgan fingerprint density at radius 3 is 2.46 bits per heavy atom. The maximum atomic E-state index is 13.1. The Balaban J connectivity index is 1.87. The van der Waals surface area contributed by atoms with Crippen LogP contribution >= 0.6 is 0 Å². The molecule has 2 atom stereocenters. The van der Waals surface area contributed by atoms with Crippen molar-refractivity contribution in [3.05, 3.63) is 101 Å². The van der Waals surface area contributed by atoms with Crippen LogP contribution in [0.15, 0.2) is 78.9 Å². The number of rotatable bonds is 12. The standard InChI is InChI=1S/C30H34O5/c1-3-4-6-17-28(35-30(33)29-22(2)11-9-16-26(29)32)27(34-21-24-12-7-5-8-13-24)19-18-23-14-10-15-25(31)20-23/h5,7-16,18-20,27-28,31-32H,3-4,6,17,21H2,1-2H3/b19-18+/t27-,28+/m1/s1. The van der Waals surface area contributed by atoms with Crippen LogP contribution in [0.25, 0.3) is 6.08 Å². The summed E-state index contributed by atoms with van der Waals surface area (Å²) >= 11 is 0. The third kappa shape index (κ3) is 8.01. The maximum absolute atomic E-state index is 13.1. The van der Waals surface area contributed by atoms with Crippen molar-refractivity contribution in [1.29, 1.82) is 0 Å². The van der Waals surface area contributed by atoms with Crippen molar-refractivity contribution in [3.63, 3.8) is 0 Å². The van der Waals surface area contributed by atoms with Crippen molar-refractivity contribution in [2.75, 3.05) is 0 Å². The van der Waals surface area contributed by atoms with Gasteiger partial charge in [-0.3, -0.25) is 0 Å². The number of hydrogen-bond acceptors (Lipinski definition) is 5. The van der Waals surface area contributed by atoms with Gasteiger partial charge in [-0.2, -0.15) is 0 Å². The summed E-state index contributed by atoms with van der Waals surface area (Å²) in [5.41, 5.74) is 2.65. The third-order valence-corrected chi connectivity index (χ3v) is 5.81. The molecule has 0 saturated heterocycles. The monoisotopic (exact) mass is 474 g/mol. The fourth-order valence-corrected chi connectivity index (χ4v) is 3.89.